The molecule has 0 aliphatic heterocycles. The quantitative estimate of drug-likeness (QED) is 0.0984. The van der Waals surface area contributed by atoms with Crippen molar-refractivity contribution in [2.45, 2.75) is 104 Å². The smallest absolute Gasteiger partial charge is 0.0498 e. The molecular formula is C38H42Br4Cl2. The maximum atomic E-state index is 6.94. The molecule has 0 aliphatic carbocycles. The van der Waals surface area contributed by atoms with Crippen LogP contribution in [0.4, 0.5) is 0 Å². The molecule has 44 heavy (non-hydrogen) atoms. The largest absolute Gasteiger partial charge is 0.0836 e. The van der Waals surface area contributed by atoms with Crippen LogP contribution in [0, 0.1) is 0 Å². The van der Waals surface area contributed by atoms with Gasteiger partial charge in [0, 0.05) is 39.1 Å². The van der Waals surface area contributed by atoms with Gasteiger partial charge in [0.2, 0.25) is 0 Å². The van der Waals surface area contributed by atoms with Crippen molar-refractivity contribution >= 4 is 97.7 Å². The maximum Gasteiger partial charge on any atom is 0.0498 e. The first kappa shape index (κ1) is 36.5. The molecule has 0 N–H and O–H groups in total. The second-order valence-electron chi connectivity index (χ2n) is 11.9. The first-order valence-electron chi connectivity index (χ1n) is 16.1. The summed E-state index contributed by atoms with van der Waals surface area (Å²) in [5.74, 6) is 0. The lowest BCUT2D eigenvalue weighted by molar-refractivity contribution is 0.607. The summed E-state index contributed by atoms with van der Waals surface area (Å²) in [6.45, 7) is 4.52. The maximum absolute atomic E-state index is 6.94. The average Bonchev–Trinajstić information content (AvgIpc) is 2.98. The predicted molar refractivity (Wildman–Crippen MR) is 210 cm³/mol. The fourth-order valence-corrected chi connectivity index (χ4v) is 9.70. The number of hydrogen-bond acceptors (Lipinski definition) is 0. The topological polar surface area (TPSA) is 0 Å². The van der Waals surface area contributed by atoms with Crippen molar-refractivity contribution in [2.75, 3.05) is 0 Å². The van der Waals surface area contributed by atoms with Crippen LogP contribution in [0.5, 0.6) is 0 Å². The SMILES string of the molecule is CCCCCCCCc1cc(Cl)c(-c2ccc3c(Br)c(-c4c(Cl)cc(CCCCCCCC)cc4Br)ccc3c2Br)c(Br)c1. The molecule has 0 unspecified atom stereocenters. The Morgan fingerprint density at radius 1 is 0.477 bits per heavy atom. The highest BCUT2D eigenvalue weighted by atomic mass is 79.9. The number of hydrogen-bond donors (Lipinski definition) is 0. The van der Waals surface area contributed by atoms with Crippen LogP contribution in [0.3, 0.4) is 0 Å². The van der Waals surface area contributed by atoms with Crippen LogP contribution in [-0.4, -0.2) is 0 Å². The minimum Gasteiger partial charge on any atom is -0.0836 e. The summed E-state index contributed by atoms with van der Waals surface area (Å²) in [5.41, 5.74) is 6.73. The molecule has 0 radical (unpaired) electrons. The molecule has 0 aliphatic rings. The molecule has 0 amide bonds. The molecule has 4 aromatic rings. The van der Waals surface area contributed by atoms with Crippen molar-refractivity contribution in [3.63, 3.8) is 0 Å². The van der Waals surface area contributed by atoms with Gasteiger partial charge in [0.05, 0.1) is 0 Å². The highest BCUT2D eigenvalue weighted by Crippen LogP contribution is 2.47. The van der Waals surface area contributed by atoms with Crippen LogP contribution in [0.25, 0.3) is 33.0 Å². The zero-order valence-corrected chi connectivity index (χ0v) is 33.6. The summed E-state index contributed by atoms with van der Waals surface area (Å²) in [5, 5.41) is 3.77. The highest BCUT2D eigenvalue weighted by Gasteiger charge is 2.19. The molecule has 0 atom stereocenters. The standard InChI is InChI=1S/C38H42Br4Cl2/c1-3-5-7-9-11-13-15-25-21-31(39)35(33(43)23-25)29-19-17-28-27(37(29)41)18-20-30(38(28)42)36-32(40)22-26(24-34(36)44)16-14-12-10-8-6-4-2/h17-24H,3-16H2,1-2H3. The van der Waals surface area contributed by atoms with Gasteiger partial charge in [0.15, 0.2) is 0 Å². The van der Waals surface area contributed by atoms with E-state index in [1.54, 1.807) is 0 Å². The molecule has 0 aromatic heterocycles. The Labute approximate surface area is 308 Å². The van der Waals surface area contributed by atoms with Crippen LogP contribution in [0.2, 0.25) is 10.0 Å². The van der Waals surface area contributed by atoms with Crippen LogP contribution in [0.1, 0.15) is 102 Å². The van der Waals surface area contributed by atoms with Gasteiger partial charge in [-0.25, -0.2) is 0 Å². The van der Waals surface area contributed by atoms with E-state index in [4.69, 9.17) is 23.2 Å². The lowest BCUT2D eigenvalue weighted by atomic mass is 9.95. The third kappa shape index (κ3) is 9.38. The van der Waals surface area contributed by atoms with Gasteiger partial charge in [-0.15, -0.1) is 0 Å². The van der Waals surface area contributed by atoms with E-state index in [-0.39, 0.29) is 0 Å². The van der Waals surface area contributed by atoms with Crippen molar-refractivity contribution in [2.24, 2.45) is 0 Å². The van der Waals surface area contributed by atoms with Gasteiger partial charge in [0.1, 0.15) is 0 Å². The van der Waals surface area contributed by atoms with Crippen molar-refractivity contribution in [1.82, 2.24) is 0 Å². The molecule has 0 heterocycles. The van der Waals surface area contributed by atoms with Gasteiger partial charge in [-0.1, -0.05) is 157 Å². The molecule has 0 bridgehead atoms. The first-order valence-corrected chi connectivity index (χ1v) is 20.1. The van der Waals surface area contributed by atoms with E-state index >= 15 is 0 Å². The van der Waals surface area contributed by atoms with E-state index in [1.165, 1.54) is 88.2 Å². The third-order valence-corrected chi connectivity index (χ3v) is 12.0. The van der Waals surface area contributed by atoms with Gasteiger partial charge in [-0.2, -0.15) is 0 Å². The Morgan fingerprint density at radius 2 is 0.841 bits per heavy atom. The Bertz CT molecular complexity index is 1400. The zero-order chi connectivity index (χ0) is 31.6. The van der Waals surface area contributed by atoms with Gasteiger partial charge < -0.3 is 0 Å². The highest BCUT2D eigenvalue weighted by molar-refractivity contribution is 9.11. The molecule has 0 fully saturated rings. The molecular weight excluding hydrogens is 847 g/mol. The normalized spacial score (nSPS) is 11.5. The summed E-state index contributed by atoms with van der Waals surface area (Å²) >= 11 is 29.5. The number of fused-ring (bicyclic) bond motifs is 1. The Morgan fingerprint density at radius 3 is 1.20 bits per heavy atom. The first-order chi connectivity index (χ1) is 21.3. The number of benzene rings is 4. The summed E-state index contributed by atoms with van der Waals surface area (Å²) < 4.78 is 4.10. The van der Waals surface area contributed by atoms with Crippen LogP contribution < -0.4 is 0 Å². The zero-order valence-electron chi connectivity index (χ0n) is 25.8. The van der Waals surface area contributed by atoms with Gasteiger partial charge in [0.25, 0.3) is 0 Å². The van der Waals surface area contributed by atoms with Crippen molar-refractivity contribution in [3.05, 3.63) is 87.6 Å². The van der Waals surface area contributed by atoms with E-state index in [1.807, 2.05) is 0 Å². The number of unbranched alkanes of at least 4 members (excludes halogenated alkanes) is 10. The molecule has 4 rings (SSSR count). The second kappa shape index (κ2) is 18.3. The Balaban J connectivity index is 1.56. The summed E-state index contributed by atoms with van der Waals surface area (Å²) in [7, 11) is 0. The monoisotopic (exact) mass is 884 g/mol. The molecule has 6 heteroatoms. The Kier molecular flexibility index (Phi) is 15.1. The lowest BCUT2D eigenvalue weighted by Crippen LogP contribution is -1.93. The molecule has 0 saturated heterocycles. The van der Waals surface area contributed by atoms with Crippen LogP contribution in [0.15, 0.2) is 66.4 Å². The molecule has 0 nitrogen and oxygen atoms in total. The second-order valence-corrected chi connectivity index (χ2v) is 16.0. The van der Waals surface area contributed by atoms with Crippen molar-refractivity contribution < 1.29 is 0 Å². The van der Waals surface area contributed by atoms with Crippen molar-refractivity contribution in [3.8, 4) is 22.3 Å². The summed E-state index contributed by atoms with van der Waals surface area (Å²) in [4.78, 5) is 0. The molecule has 0 saturated carbocycles. The summed E-state index contributed by atoms with van der Waals surface area (Å²) in [6.07, 6.45) is 17.6. The fraction of sp³-hybridized carbons (Fsp3) is 0.421. The molecule has 236 valence electrons. The number of rotatable bonds is 16. The van der Waals surface area contributed by atoms with E-state index in [9.17, 15) is 0 Å². The minimum absolute atomic E-state index is 0.771. The van der Waals surface area contributed by atoms with E-state index in [0.29, 0.717) is 0 Å². The average molecular weight is 889 g/mol. The fourth-order valence-electron chi connectivity index (χ4n) is 5.99. The third-order valence-electron chi connectivity index (χ3n) is 8.45. The number of halogens is 6. The lowest BCUT2D eigenvalue weighted by Gasteiger charge is -2.17. The Hall–Kier alpha value is -0.360. The van der Waals surface area contributed by atoms with Gasteiger partial charge in [-0.05, 0) is 115 Å². The predicted octanol–water partition coefficient (Wildman–Crippen LogP) is 16.3. The van der Waals surface area contributed by atoms with Gasteiger partial charge >= 0.3 is 0 Å². The minimum atomic E-state index is 0.771. The molecule has 0 spiro atoms. The van der Waals surface area contributed by atoms with Gasteiger partial charge in [-0.3, -0.25) is 0 Å². The van der Waals surface area contributed by atoms with E-state index in [0.717, 1.165) is 73.8 Å². The summed E-state index contributed by atoms with van der Waals surface area (Å²) in [6, 6.07) is 17.4. The van der Waals surface area contributed by atoms with Crippen molar-refractivity contribution in [1.29, 1.82) is 0 Å². The van der Waals surface area contributed by atoms with Crippen LogP contribution >= 0.6 is 86.9 Å². The number of aryl methyl sites for hydroxylation is 2. The van der Waals surface area contributed by atoms with E-state index in [2.05, 4.69) is 126 Å². The van der Waals surface area contributed by atoms with E-state index < -0.39 is 0 Å². The van der Waals surface area contributed by atoms with Crippen LogP contribution in [-0.2, 0) is 12.8 Å². The molecule has 4 aromatic carbocycles.